The number of aromatic nitrogens is 1. The summed E-state index contributed by atoms with van der Waals surface area (Å²) in [5.41, 5.74) is 2.40. The zero-order chi connectivity index (χ0) is 14.4. The minimum atomic E-state index is 0.627. The Labute approximate surface area is 123 Å². The van der Waals surface area contributed by atoms with E-state index in [0.29, 0.717) is 5.56 Å². The molecule has 0 bridgehead atoms. The van der Waals surface area contributed by atoms with E-state index >= 15 is 0 Å². The minimum Gasteiger partial charge on any atom is -0.496 e. The van der Waals surface area contributed by atoms with Gasteiger partial charge in [-0.25, -0.2) is 4.98 Å². The van der Waals surface area contributed by atoms with Crippen molar-refractivity contribution in [3.8, 4) is 23.1 Å². The van der Waals surface area contributed by atoms with Gasteiger partial charge in [-0.2, -0.15) is 5.26 Å². The summed E-state index contributed by atoms with van der Waals surface area (Å²) in [7, 11) is 1.65. The largest absolute Gasteiger partial charge is 0.496 e. The first-order valence-electron chi connectivity index (χ1n) is 6.47. The number of ether oxygens (including phenoxy) is 1. The van der Waals surface area contributed by atoms with Gasteiger partial charge in [0.25, 0.3) is 0 Å². The molecule has 0 saturated heterocycles. The van der Waals surface area contributed by atoms with Crippen LogP contribution in [0.4, 0.5) is 0 Å². The fraction of sp³-hybridized carbons (Fsp3) is 0.250. The Hall–Kier alpha value is -1.99. The van der Waals surface area contributed by atoms with Gasteiger partial charge < -0.3 is 4.74 Å². The summed E-state index contributed by atoms with van der Waals surface area (Å²) in [6.07, 6.45) is 1.05. The summed E-state index contributed by atoms with van der Waals surface area (Å²) in [6, 6.07) is 13.7. The second-order valence-electron chi connectivity index (χ2n) is 4.21. The van der Waals surface area contributed by atoms with Crippen LogP contribution in [0.3, 0.4) is 0 Å². The number of nitrogens with zero attached hydrogens (tertiary/aromatic N) is 2. The summed E-state index contributed by atoms with van der Waals surface area (Å²) in [5.74, 6) is 1.74. The molecular weight excluding hydrogens is 268 g/mol. The maximum Gasteiger partial charge on any atom is 0.128 e. The normalized spacial score (nSPS) is 10.1. The molecule has 3 nitrogen and oxygen atoms in total. The molecule has 0 aliphatic carbocycles. The Bertz CT molecular complexity index is 635. The number of rotatable bonds is 5. The van der Waals surface area contributed by atoms with E-state index in [9.17, 15) is 0 Å². The molecule has 1 aromatic heterocycles. The van der Waals surface area contributed by atoms with Crippen LogP contribution < -0.4 is 4.74 Å². The first kappa shape index (κ1) is 14.4. The summed E-state index contributed by atoms with van der Waals surface area (Å²) >= 11 is 1.62. The second-order valence-corrected chi connectivity index (χ2v) is 5.29. The third kappa shape index (κ3) is 3.12. The highest BCUT2D eigenvalue weighted by atomic mass is 32.2. The van der Waals surface area contributed by atoms with Crippen LogP contribution in [-0.4, -0.2) is 17.8 Å². The van der Waals surface area contributed by atoms with Gasteiger partial charge in [-0.1, -0.05) is 19.1 Å². The van der Waals surface area contributed by atoms with Crippen molar-refractivity contribution in [2.24, 2.45) is 0 Å². The Balaban J connectivity index is 2.45. The van der Waals surface area contributed by atoms with Gasteiger partial charge in [-0.3, -0.25) is 0 Å². The van der Waals surface area contributed by atoms with Crippen molar-refractivity contribution in [2.75, 3.05) is 12.9 Å². The Morgan fingerprint density at radius 3 is 2.75 bits per heavy atom. The molecule has 0 saturated carbocycles. The van der Waals surface area contributed by atoms with Crippen molar-refractivity contribution < 1.29 is 4.74 Å². The van der Waals surface area contributed by atoms with Gasteiger partial charge in [0.1, 0.15) is 16.8 Å². The highest BCUT2D eigenvalue weighted by Crippen LogP contribution is 2.31. The van der Waals surface area contributed by atoms with Crippen molar-refractivity contribution >= 4 is 11.8 Å². The average Bonchev–Trinajstić information content (AvgIpc) is 2.52. The number of para-hydroxylation sites is 1. The molecule has 1 aromatic carbocycles. The van der Waals surface area contributed by atoms with Gasteiger partial charge in [0.15, 0.2) is 0 Å². The van der Waals surface area contributed by atoms with Gasteiger partial charge in [0.05, 0.1) is 18.4 Å². The van der Waals surface area contributed by atoms with E-state index in [-0.39, 0.29) is 0 Å². The predicted molar refractivity (Wildman–Crippen MR) is 82.0 cm³/mol. The zero-order valence-corrected chi connectivity index (χ0v) is 12.4. The summed E-state index contributed by atoms with van der Waals surface area (Å²) in [6.45, 7) is 2.11. The standard InChI is InChI=1S/C16H16N2OS/c1-3-10-20-16-12(11-17)8-9-14(18-16)13-6-4-5-7-15(13)19-2/h4-9H,3,10H2,1-2H3. The molecule has 0 atom stereocenters. The van der Waals surface area contributed by atoms with Crippen molar-refractivity contribution in [2.45, 2.75) is 18.4 Å². The predicted octanol–water partition coefficient (Wildman–Crippen LogP) is 4.13. The van der Waals surface area contributed by atoms with E-state index in [4.69, 9.17) is 10.00 Å². The van der Waals surface area contributed by atoms with Gasteiger partial charge >= 0.3 is 0 Å². The fourth-order valence-corrected chi connectivity index (χ4v) is 2.67. The van der Waals surface area contributed by atoms with E-state index in [1.165, 1.54) is 0 Å². The van der Waals surface area contributed by atoms with Crippen molar-refractivity contribution in [3.63, 3.8) is 0 Å². The van der Waals surface area contributed by atoms with E-state index in [1.807, 2.05) is 36.4 Å². The van der Waals surface area contributed by atoms with E-state index < -0.39 is 0 Å². The molecule has 20 heavy (non-hydrogen) atoms. The summed E-state index contributed by atoms with van der Waals surface area (Å²) in [5, 5.41) is 9.94. The summed E-state index contributed by atoms with van der Waals surface area (Å²) in [4.78, 5) is 4.62. The minimum absolute atomic E-state index is 0.627. The first-order valence-corrected chi connectivity index (χ1v) is 7.46. The number of pyridine rings is 1. The van der Waals surface area contributed by atoms with Gasteiger partial charge in [0, 0.05) is 5.56 Å². The van der Waals surface area contributed by atoms with Crippen molar-refractivity contribution in [1.82, 2.24) is 4.98 Å². The highest BCUT2D eigenvalue weighted by Gasteiger charge is 2.10. The van der Waals surface area contributed by atoms with Gasteiger partial charge in [-0.05, 0) is 36.4 Å². The monoisotopic (exact) mass is 284 g/mol. The topological polar surface area (TPSA) is 45.9 Å². The quantitative estimate of drug-likeness (QED) is 0.774. The lowest BCUT2D eigenvalue weighted by molar-refractivity contribution is 0.416. The zero-order valence-electron chi connectivity index (χ0n) is 11.6. The molecular formula is C16H16N2OS. The molecule has 2 rings (SSSR count). The Kier molecular flexibility index (Phi) is 5.03. The van der Waals surface area contributed by atoms with Gasteiger partial charge in [0.2, 0.25) is 0 Å². The van der Waals surface area contributed by atoms with E-state index in [0.717, 1.165) is 34.2 Å². The molecule has 0 radical (unpaired) electrons. The molecule has 0 aliphatic heterocycles. The Morgan fingerprint density at radius 1 is 1.25 bits per heavy atom. The number of hydrogen-bond acceptors (Lipinski definition) is 4. The molecule has 0 unspecified atom stereocenters. The van der Waals surface area contributed by atoms with Crippen LogP contribution in [0, 0.1) is 11.3 Å². The van der Waals surface area contributed by atoms with Crippen LogP contribution in [0.2, 0.25) is 0 Å². The van der Waals surface area contributed by atoms with Crippen molar-refractivity contribution in [1.29, 1.82) is 5.26 Å². The van der Waals surface area contributed by atoms with E-state index in [2.05, 4.69) is 18.0 Å². The maximum absolute atomic E-state index is 9.15. The molecule has 0 fully saturated rings. The fourth-order valence-electron chi connectivity index (χ4n) is 1.84. The van der Waals surface area contributed by atoms with Crippen LogP contribution in [0.15, 0.2) is 41.4 Å². The van der Waals surface area contributed by atoms with E-state index in [1.54, 1.807) is 18.9 Å². The van der Waals surface area contributed by atoms with Crippen LogP contribution >= 0.6 is 11.8 Å². The molecule has 102 valence electrons. The Morgan fingerprint density at radius 2 is 2.05 bits per heavy atom. The SMILES string of the molecule is CCCSc1nc(-c2ccccc2OC)ccc1C#N. The molecule has 0 amide bonds. The first-order chi connectivity index (χ1) is 9.80. The lowest BCUT2D eigenvalue weighted by atomic mass is 10.1. The molecule has 0 aliphatic rings. The second kappa shape index (κ2) is 6.97. The lowest BCUT2D eigenvalue weighted by Crippen LogP contribution is -1.94. The van der Waals surface area contributed by atoms with Crippen LogP contribution in [-0.2, 0) is 0 Å². The highest BCUT2D eigenvalue weighted by molar-refractivity contribution is 7.99. The maximum atomic E-state index is 9.15. The smallest absolute Gasteiger partial charge is 0.128 e. The molecule has 4 heteroatoms. The van der Waals surface area contributed by atoms with Gasteiger partial charge in [-0.15, -0.1) is 11.8 Å². The number of methoxy groups -OCH3 is 1. The van der Waals surface area contributed by atoms with Crippen LogP contribution in [0.25, 0.3) is 11.3 Å². The van der Waals surface area contributed by atoms with Crippen LogP contribution in [0.1, 0.15) is 18.9 Å². The molecule has 2 aromatic rings. The summed E-state index contributed by atoms with van der Waals surface area (Å²) < 4.78 is 5.37. The number of thioether (sulfide) groups is 1. The molecule has 0 spiro atoms. The molecule has 1 heterocycles. The lowest BCUT2D eigenvalue weighted by Gasteiger charge is -2.09. The average molecular weight is 284 g/mol. The van der Waals surface area contributed by atoms with Crippen molar-refractivity contribution in [3.05, 3.63) is 42.0 Å². The van der Waals surface area contributed by atoms with Crippen LogP contribution in [0.5, 0.6) is 5.75 Å². The number of benzene rings is 1. The molecule has 0 N–H and O–H groups in total. The third-order valence-corrected chi connectivity index (χ3v) is 4.00. The number of hydrogen-bond donors (Lipinski definition) is 0. The third-order valence-electron chi connectivity index (χ3n) is 2.81. The number of nitriles is 1.